The van der Waals surface area contributed by atoms with E-state index in [-0.39, 0.29) is 12.2 Å². The molecule has 1 rings (SSSR count). The summed E-state index contributed by atoms with van der Waals surface area (Å²) in [4.78, 5) is 1.25. The zero-order valence-electron chi connectivity index (χ0n) is 10.1. The Kier molecular flexibility index (Phi) is 4.95. The summed E-state index contributed by atoms with van der Waals surface area (Å²) in [6.07, 6.45) is -3.64. The third-order valence-corrected chi connectivity index (χ3v) is 2.44. The number of hydrogen-bond donors (Lipinski definition) is 1. The Balaban J connectivity index is 2.76. The lowest BCUT2D eigenvalue weighted by molar-refractivity contribution is -0.147. The van der Waals surface area contributed by atoms with Crippen LogP contribution in [0.5, 0.6) is 0 Å². The lowest BCUT2D eigenvalue weighted by Crippen LogP contribution is -2.34. The normalized spacial score (nSPS) is 12.1. The third-order valence-electron chi connectivity index (χ3n) is 2.44. The van der Waals surface area contributed by atoms with Gasteiger partial charge in [0.25, 0.3) is 0 Å². The lowest BCUT2D eigenvalue weighted by atomic mass is 10.1. The van der Waals surface area contributed by atoms with Crippen molar-refractivity contribution < 1.29 is 17.6 Å². The summed E-state index contributed by atoms with van der Waals surface area (Å²) in [5.41, 5.74) is 6.27. The molecule has 0 aliphatic carbocycles. The minimum absolute atomic E-state index is 0.0689. The van der Waals surface area contributed by atoms with Crippen LogP contribution in [0.15, 0.2) is 18.2 Å². The van der Waals surface area contributed by atoms with E-state index in [9.17, 15) is 17.6 Å². The Labute approximate surface area is 103 Å². The van der Waals surface area contributed by atoms with Crippen LogP contribution in [0.2, 0.25) is 0 Å². The highest BCUT2D eigenvalue weighted by molar-refractivity contribution is 5.46. The van der Waals surface area contributed by atoms with E-state index in [1.165, 1.54) is 17.0 Å². The van der Waals surface area contributed by atoms with Gasteiger partial charge in [0.2, 0.25) is 0 Å². The molecule has 0 heterocycles. The first-order valence-electron chi connectivity index (χ1n) is 5.65. The maximum absolute atomic E-state index is 12.8. The number of nitrogens with zero attached hydrogens (tertiary/aromatic N) is 1. The van der Waals surface area contributed by atoms with Crippen LogP contribution in [0.4, 0.5) is 23.2 Å². The number of alkyl halides is 3. The van der Waals surface area contributed by atoms with Crippen molar-refractivity contribution in [3.05, 3.63) is 29.6 Å². The predicted molar refractivity (Wildman–Crippen MR) is 62.4 cm³/mol. The van der Waals surface area contributed by atoms with E-state index < -0.39 is 18.5 Å². The number of hydrogen-bond acceptors (Lipinski definition) is 2. The van der Waals surface area contributed by atoms with E-state index >= 15 is 0 Å². The van der Waals surface area contributed by atoms with E-state index in [4.69, 9.17) is 5.73 Å². The highest BCUT2D eigenvalue weighted by atomic mass is 19.4. The topological polar surface area (TPSA) is 29.3 Å². The molecule has 0 spiro atoms. The van der Waals surface area contributed by atoms with Crippen molar-refractivity contribution in [3.63, 3.8) is 0 Å². The smallest absolute Gasteiger partial charge is 0.398 e. The first-order valence-corrected chi connectivity index (χ1v) is 5.65. The molecule has 0 aromatic heterocycles. The minimum Gasteiger partial charge on any atom is -0.398 e. The van der Waals surface area contributed by atoms with Crippen molar-refractivity contribution in [3.8, 4) is 0 Å². The van der Waals surface area contributed by atoms with Crippen LogP contribution in [0, 0.1) is 5.82 Å². The molecule has 0 amide bonds. The maximum Gasteiger partial charge on any atom is 0.401 e. The van der Waals surface area contributed by atoms with Crippen molar-refractivity contribution in [1.82, 2.24) is 4.90 Å². The first-order chi connectivity index (χ1) is 8.31. The van der Waals surface area contributed by atoms with Crippen LogP contribution in [-0.4, -0.2) is 24.2 Å². The number of nitrogen functional groups attached to an aromatic ring is 1. The quantitative estimate of drug-likeness (QED) is 0.653. The SMILES string of the molecule is CCCN(Cc1ccc(F)cc1N)CC(F)(F)F. The molecule has 0 unspecified atom stereocenters. The van der Waals surface area contributed by atoms with Gasteiger partial charge in [0.15, 0.2) is 0 Å². The van der Waals surface area contributed by atoms with E-state index in [1.54, 1.807) is 6.92 Å². The number of nitrogens with two attached hydrogens (primary N) is 1. The zero-order chi connectivity index (χ0) is 13.8. The average molecular weight is 264 g/mol. The molecule has 2 N–H and O–H groups in total. The highest BCUT2D eigenvalue weighted by Crippen LogP contribution is 2.21. The van der Waals surface area contributed by atoms with Crippen molar-refractivity contribution in [2.45, 2.75) is 26.1 Å². The summed E-state index contributed by atoms with van der Waals surface area (Å²) in [5, 5.41) is 0. The molecule has 0 saturated heterocycles. The Morgan fingerprint density at radius 1 is 1.28 bits per heavy atom. The second-order valence-corrected chi connectivity index (χ2v) is 4.17. The standard InChI is InChI=1S/C12H16F4N2/c1-2-5-18(8-12(14,15)16)7-9-3-4-10(13)6-11(9)17/h3-4,6H,2,5,7-8,17H2,1H3. The molecule has 18 heavy (non-hydrogen) atoms. The molecular weight excluding hydrogens is 248 g/mol. The summed E-state index contributed by atoms with van der Waals surface area (Å²) in [7, 11) is 0. The lowest BCUT2D eigenvalue weighted by Gasteiger charge is -2.23. The van der Waals surface area contributed by atoms with E-state index in [2.05, 4.69) is 0 Å². The van der Waals surface area contributed by atoms with Crippen LogP contribution in [0.3, 0.4) is 0 Å². The second-order valence-electron chi connectivity index (χ2n) is 4.17. The first kappa shape index (κ1) is 14.8. The van der Waals surface area contributed by atoms with Gasteiger partial charge >= 0.3 is 6.18 Å². The van der Waals surface area contributed by atoms with Crippen LogP contribution in [-0.2, 0) is 6.54 Å². The summed E-state index contributed by atoms with van der Waals surface area (Å²) >= 11 is 0. The van der Waals surface area contributed by atoms with Gasteiger partial charge in [-0.3, -0.25) is 4.90 Å². The average Bonchev–Trinajstić information content (AvgIpc) is 2.20. The molecule has 2 nitrogen and oxygen atoms in total. The van der Waals surface area contributed by atoms with Gasteiger partial charge < -0.3 is 5.73 Å². The molecule has 0 aliphatic heterocycles. The molecule has 0 aliphatic rings. The van der Waals surface area contributed by atoms with Crippen LogP contribution >= 0.6 is 0 Å². The molecule has 6 heteroatoms. The van der Waals surface area contributed by atoms with Crippen molar-refractivity contribution in [2.24, 2.45) is 0 Å². The zero-order valence-corrected chi connectivity index (χ0v) is 10.1. The second kappa shape index (κ2) is 6.04. The van der Waals surface area contributed by atoms with Gasteiger partial charge in [-0.05, 0) is 30.7 Å². The Hall–Kier alpha value is -1.30. The largest absolute Gasteiger partial charge is 0.401 e. The molecule has 1 aromatic carbocycles. The van der Waals surface area contributed by atoms with Gasteiger partial charge in [0.05, 0.1) is 6.54 Å². The molecule has 0 radical (unpaired) electrons. The van der Waals surface area contributed by atoms with Gasteiger partial charge in [-0.1, -0.05) is 13.0 Å². The third kappa shape index (κ3) is 4.91. The molecule has 1 aromatic rings. The molecule has 0 fully saturated rings. The number of anilines is 1. The summed E-state index contributed by atoms with van der Waals surface area (Å²) < 4.78 is 49.9. The summed E-state index contributed by atoms with van der Waals surface area (Å²) in [6.45, 7) is 1.20. The van der Waals surface area contributed by atoms with Gasteiger partial charge in [0.1, 0.15) is 5.82 Å². The van der Waals surface area contributed by atoms with Crippen molar-refractivity contribution >= 4 is 5.69 Å². The fourth-order valence-electron chi connectivity index (χ4n) is 1.73. The Bertz CT molecular complexity index is 390. The van der Waals surface area contributed by atoms with Gasteiger partial charge in [-0.2, -0.15) is 13.2 Å². The summed E-state index contributed by atoms with van der Waals surface area (Å²) in [5.74, 6) is -0.492. The van der Waals surface area contributed by atoms with E-state index in [1.807, 2.05) is 0 Å². The van der Waals surface area contributed by atoms with Crippen LogP contribution in [0.25, 0.3) is 0 Å². The number of rotatable bonds is 5. The minimum atomic E-state index is -4.25. The Morgan fingerprint density at radius 3 is 2.44 bits per heavy atom. The Morgan fingerprint density at radius 2 is 1.94 bits per heavy atom. The van der Waals surface area contributed by atoms with Gasteiger partial charge in [0, 0.05) is 12.2 Å². The van der Waals surface area contributed by atoms with Crippen LogP contribution < -0.4 is 5.73 Å². The molecule has 0 bridgehead atoms. The monoisotopic (exact) mass is 264 g/mol. The van der Waals surface area contributed by atoms with Gasteiger partial charge in [-0.25, -0.2) is 4.39 Å². The highest BCUT2D eigenvalue weighted by Gasteiger charge is 2.30. The van der Waals surface area contributed by atoms with Crippen LogP contribution in [0.1, 0.15) is 18.9 Å². The molecule has 0 saturated carbocycles. The predicted octanol–water partition coefficient (Wildman–Crippen LogP) is 3.18. The van der Waals surface area contributed by atoms with E-state index in [0.717, 1.165) is 6.07 Å². The summed E-state index contributed by atoms with van der Waals surface area (Å²) in [6, 6.07) is 3.74. The van der Waals surface area contributed by atoms with Crippen molar-refractivity contribution in [1.29, 1.82) is 0 Å². The number of benzene rings is 1. The molecule has 102 valence electrons. The van der Waals surface area contributed by atoms with Gasteiger partial charge in [-0.15, -0.1) is 0 Å². The van der Waals surface area contributed by atoms with E-state index in [0.29, 0.717) is 18.5 Å². The molecular formula is C12H16F4N2. The van der Waals surface area contributed by atoms with Crippen molar-refractivity contribution in [2.75, 3.05) is 18.8 Å². The number of halogens is 4. The fraction of sp³-hybridized carbons (Fsp3) is 0.500. The fourth-order valence-corrected chi connectivity index (χ4v) is 1.73. The molecule has 0 atom stereocenters. The maximum atomic E-state index is 12.8.